The number of ether oxygens (including phenoxy) is 1. The lowest BCUT2D eigenvalue weighted by molar-refractivity contribution is -0.113. The molecule has 0 aliphatic carbocycles. The van der Waals surface area contributed by atoms with E-state index < -0.39 is 23.4 Å². The number of nitrogens with zero attached hydrogens (tertiary/aromatic N) is 1. The van der Waals surface area contributed by atoms with Gasteiger partial charge in [0.2, 0.25) is 5.78 Å². The highest BCUT2D eigenvalue weighted by atomic mass is 32.2. The Morgan fingerprint density at radius 2 is 2.06 bits per heavy atom. The van der Waals surface area contributed by atoms with Gasteiger partial charge in [-0.25, -0.2) is 4.39 Å². The maximum absolute atomic E-state index is 13.8. The van der Waals surface area contributed by atoms with Crippen LogP contribution in [0.25, 0.3) is 5.57 Å². The zero-order chi connectivity index (χ0) is 26.1. The summed E-state index contributed by atoms with van der Waals surface area (Å²) in [4.78, 5) is 18.0. The quantitative estimate of drug-likeness (QED) is 0.154. The number of thioether (sulfide) groups is 1. The molecule has 2 aromatic carbocycles. The number of aryl methyl sites for hydroxylation is 2. The highest BCUT2D eigenvalue weighted by Crippen LogP contribution is 2.28. The van der Waals surface area contributed by atoms with Crippen molar-refractivity contribution in [1.29, 1.82) is 5.41 Å². The van der Waals surface area contributed by atoms with Gasteiger partial charge < -0.3 is 15.2 Å². The van der Waals surface area contributed by atoms with E-state index >= 15 is 0 Å². The molecule has 0 saturated carbocycles. The first-order valence-electron chi connectivity index (χ1n) is 11.5. The van der Waals surface area contributed by atoms with Crippen molar-refractivity contribution in [2.45, 2.75) is 25.8 Å². The topological polar surface area (TPSA) is 95.3 Å². The number of halogens is 1. The van der Waals surface area contributed by atoms with Crippen molar-refractivity contribution in [2.24, 2.45) is 0 Å². The van der Waals surface area contributed by atoms with E-state index in [-0.39, 0.29) is 11.1 Å². The van der Waals surface area contributed by atoms with Crippen LogP contribution >= 0.6 is 11.8 Å². The second-order valence-electron chi connectivity index (χ2n) is 8.27. The van der Waals surface area contributed by atoms with Crippen molar-refractivity contribution in [3.05, 3.63) is 95.3 Å². The summed E-state index contributed by atoms with van der Waals surface area (Å²) in [6, 6.07) is 13.7. The maximum Gasteiger partial charge on any atom is 0.207 e. The van der Waals surface area contributed by atoms with E-state index in [2.05, 4.69) is 16.6 Å². The predicted molar refractivity (Wildman–Crippen MR) is 145 cm³/mol. The maximum atomic E-state index is 13.8. The number of carbonyl (C=O) groups is 1. The highest BCUT2D eigenvalue weighted by Gasteiger charge is 2.28. The fraction of sp³-hybridized carbons (Fsp3) is 0.250. The number of carbonyl (C=O) groups excluding carboxylic acids is 1. The van der Waals surface area contributed by atoms with Crippen LogP contribution in [0.3, 0.4) is 0 Å². The van der Waals surface area contributed by atoms with Gasteiger partial charge in [-0.15, -0.1) is 0 Å². The molecule has 3 N–H and O–H groups in total. The first kappa shape index (κ1) is 26.9. The SMILES string of the molecule is COc1cc(CCCSC)cc(NC(C(=O)C(=N)/C(=C\O)c2cccc(F)c2)c2ccc(C)nc2)c1. The molecular formula is C28H30FN3O3S. The highest BCUT2D eigenvalue weighted by molar-refractivity contribution is 7.98. The summed E-state index contributed by atoms with van der Waals surface area (Å²) in [6.45, 7) is 1.84. The van der Waals surface area contributed by atoms with Crippen LogP contribution in [-0.4, -0.2) is 40.7 Å². The Kier molecular flexibility index (Phi) is 9.64. The van der Waals surface area contributed by atoms with E-state index in [1.807, 2.05) is 19.1 Å². The molecule has 0 fully saturated rings. The Labute approximate surface area is 215 Å². The Hall–Kier alpha value is -3.65. The minimum absolute atomic E-state index is 0.0743. The third-order valence-electron chi connectivity index (χ3n) is 5.64. The molecule has 0 saturated heterocycles. The molecule has 3 aromatic rings. The molecule has 0 spiro atoms. The van der Waals surface area contributed by atoms with E-state index in [0.717, 1.165) is 29.9 Å². The summed E-state index contributed by atoms with van der Waals surface area (Å²) in [5.41, 5.74) is 2.75. The second kappa shape index (κ2) is 12.9. The number of hydrogen-bond acceptors (Lipinski definition) is 7. The van der Waals surface area contributed by atoms with Crippen molar-refractivity contribution in [2.75, 3.05) is 24.4 Å². The lowest BCUT2D eigenvalue weighted by atomic mass is 9.93. The zero-order valence-corrected chi connectivity index (χ0v) is 21.4. The number of pyridine rings is 1. The molecular weight excluding hydrogens is 477 g/mol. The fourth-order valence-electron chi connectivity index (χ4n) is 3.76. The van der Waals surface area contributed by atoms with Gasteiger partial charge >= 0.3 is 0 Å². The predicted octanol–water partition coefficient (Wildman–Crippen LogP) is 6.17. The molecule has 1 atom stereocenters. The number of benzene rings is 2. The van der Waals surface area contributed by atoms with Crippen molar-refractivity contribution >= 4 is 34.5 Å². The molecule has 0 radical (unpaired) electrons. The monoisotopic (exact) mass is 507 g/mol. The first-order chi connectivity index (χ1) is 17.4. The number of aliphatic hydroxyl groups is 1. The van der Waals surface area contributed by atoms with Crippen LogP contribution in [0.4, 0.5) is 10.1 Å². The fourth-order valence-corrected chi connectivity index (χ4v) is 4.19. The van der Waals surface area contributed by atoms with E-state index in [1.54, 1.807) is 43.3 Å². The van der Waals surface area contributed by atoms with Gasteiger partial charge in [0.1, 0.15) is 23.3 Å². The van der Waals surface area contributed by atoms with Gasteiger partial charge in [-0.05, 0) is 73.2 Å². The number of ketones is 1. The smallest absolute Gasteiger partial charge is 0.207 e. The van der Waals surface area contributed by atoms with Crippen molar-refractivity contribution in [1.82, 2.24) is 4.98 Å². The normalized spacial score (nSPS) is 12.2. The van der Waals surface area contributed by atoms with Crippen LogP contribution < -0.4 is 10.1 Å². The molecule has 188 valence electrons. The standard InChI is InChI=1S/C28H30FN3O3S/c1-18-9-10-21(16-31-18)27(28(34)26(30)25(17-33)20-7-4-8-22(29)14-20)32-23-12-19(6-5-11-36-3)13-24(15-23)35-2/h4,7-10,12-17,27,30,32-33H,5-6,11H2,1-3H3/b25-17-,30-26?. The lowest BCUT2D eigenvalue weighted by Gasteiger charge is -2.21. The van der Waals surface area contributed by atoms with Crippen LogP contribution in [0.15, 0.2) is 67.1 Å². The van der Waals surface area contributed by atoms with Gasteiger partial charge in [0.05, 0.1) is 13.4 Å². The number of anilines is 1. The number of hydrogen-bond donors (Lipinski definition) is 3. The van der Waals surface area contributed by atoms with Crippen LogP contribution in [0.5, 0.6) is 5.75 Å². The van der Waals surface area contributed by atoms with Crippen LogP contribution in [-0.2, 0) is 11.2 Å². The largest absolute Gasteiger partial charge is 0.515 e. The molecule has 3 rings (SSSR count). The number of aromatic nitrogens is 1. The lowest BCUT2D eigenvalue weighted by Crippen LogP contribution is -2.28. The Bertz CT molecular complexity index is 1250. The Morgan fingerprint density at radius 1 is 1.25 bits per heavy atom. The number of aliphatic hydroxyl groups excluding tert-OH is 1. The van der Waals surface area contributed by atoms with Gasteiger partial charge in [-0.1, -0.05) is 18.2 Å². The molecule has 0 amide bonds. The summed E-state index contributed by atoms with van der Waals surface area (Å²) in [6.07, 6.45) is 6.17. The number of methoxy groups -OCH3 is 1. The van der Waals surface area contributed by atoms with Gasteiger partial charge in [0, 0.05) is 34.8 Å². The summed E-state index contributed by atoms with van der Waals surface area (Å²) in [7, 11) is 1.59. The van der Waals surface area contributed by atoms with Gasteiger partial charge in [-0.2, -0.15) is 11.8 Å². The van der Waals surface area contributed by atoms with Crippen LogP contribution in [0.2, 0.25) is 0 Å². The van der Waals surface area contributed by atoms with E-state index in [4.69, 9.17) is 10.1 Å². The third-order valence-corrected chi connectivity index (χ3v) is 6.33. The molecule has 1 aromatic heterocycles. The molecule has 1 heterocycles. The average molecular weight is 508 g/mol. The molecule has 0 bridgehead atoms. The number of allylic oxidation sites excluding steroid dienone is 1. The number of nitrogens with one attached hydrogen (secondary N) is 2. The van der Waals surface area contributed by atoms with E-state index in [9.17, 15) is 14.3 Å². The Balaban J connectivity index is 1.98. The van der Waals surface area contributed by atoms with Gasteiger partial charge in [0.15, 0.2) is 0 Å². The summed E-state index contributed by atoms with van der Waals surface area (Å²) >= 11 is 1.78. The summed E-state index contributed by atoms with van der Waals surface area (Å²) in [5.74, 6) is 0.550. The molecule has 0 aliphatic heterocycles. The second-order valence-corrected chi connectivity index (χ2v) is 9.25. The summed E-state index contributed by atoms with van der Waals surface area (Å²) in [5, 5.41) is 21.7. The number of Topliss-reactive ketones (excluding diaryl/α,β-unsaturated/α-hetero) is 1. The van der Waals surface area contributed by atoms with Crippen molar-refractivity contribution in [3.63, 3.8) is 0 Å². The van der Waals surface area contributed by atoms with Gasteiger partial charge in [0.25, 0.3) is 0 Å². The Morgan fingerprint density at radius 3 is 2.69 bits per heavy atom. The minimum atomic E-state index is -0.972. The first-order valence-corrected chi connectivity index (χ1v) is 12.8. The summed E-state index contributed by atoms with van der Waals surface area (Å²) < 4.78 is 19.3. The van der Waals surface area contributed by atoms with Crippen molar-refractivity contribution < 1.29 is 19.0 Å². The minimum Gasteiger partial charge on any atom is -0.515 e. The molecule has 36 heavy (non-hydrogen) atoms. The van der Waals surface area contributed by atoms with Crippen molar-refractivity contribution in [3.8, 4) is 5.75 Å². The molecule has 0 aliphatic rings. The van der Waals surface area contributed by atoms with E-state index in [1.165, 1.54) is 24.3 Å². The zero-order valence-electron chi connectivity index (χ0n) is 20.5. The molecule has 6 nitrogen and oxygen atoms in total. The van der Waals surface area contributed by atoms with E-state index in [0.29, 0.717) is 23.3 Å². The van der Waals surface area contributed by atoms with Gasteiger partial charge in [-0.3, -0.25) is 15.2 Å². The average Bonchev–Trinajstić information content (AvgIpc) is 2.88. The third kappa shape index (κ3) is 6.95. The molecule has 1 unspecified atom stereocenters. The van der Waals surface area contributed by atoms with Crippen LogP contribution in [0, 0.1) is 18.2 Å². The van der Waals surface area contributed by atoms with Crippen LogP contribution in [0.1, 0.15) is 34.8 Å². The number of rotatable bonds is 12. The molecule has 8 heteroatoms.